The van der Waals surface area contributed by atoms with Crippen molar-refractivity contribution in [3.05, 3.63) is 119 Å². The van der Waals surface area contributed by atoms with Gasteiger partial charge in [-0.25, -0.2) is 9.59 Å². The number of nitrogens with zero attached hydrogens (tertiary/aromatic N) is 2. The molecule has 0 aliphatic carbocycles. The highest BCUT2D eigenvalue weighted by Crippen LogP contribution is 2.20. The Morgan fingerprint density at radius 1 is 0.463 bits per heavy atom. The van der Waals surface area contributed by atoms with Crippen LogP contribution in [0.2, 0.25) is 0 Å². The third-order valence-electron chi connectivity index (χ3n) is 6.33. The van der Waals surface area contributed by atoms with Crippen LogP contribution >= 0.6 is 0 Å². The van der Waals surface area contributed by atoms with Crippen LogP contribution in [0.1, 0.15) is 47.9 Å². The fourth-order valence-electron chi connectivity index (χ4n) is 3.89. The molecule has 0 saturated heterocycles. The molecule has 208 valence electrons. The molecule has 0 atom stereocenters. The molecule has 0 saturated carbocycles. The SMILES string of the molecule is CN(C)c1ccc(C(=O)Oc2ccc(C(=O)CC(=O)c3ccc(OC(=O)c4ccc(N(C)C)cc4)cc3)cc2)cc1. The summed E-state index contributed by atoms with van der Waals surface area (Å²) in [6.07, 6.45) is -0.339. The average Bonchev–Trinajstić information content (AvgIpc) is 2.97. The van der Waals surface area contributed by atoms with Crippen molar-refractivity contribution >= 4 is 34.9 Å². The van der Waals surface area contributed by atoms with E-state index in [1.54, 1.807) is 24.3 Å². The van der Waals surface area contributed by atoms with E-state index in [4.69, 9.17) is 9.47 Å². The smallest absolute Gasteiger partial charge is 0.343 e. The predicted octanol–water partition coefficient (Wildman–Crippen LogP) is 5.71. The van der Waals surface area contributed by atoms with Crippen LogP contribution in [0.15, 0.2) is 97.1 Å². The number of benzene rings is 4. The molecule has 8 heteroatoms. The number of rotatable bonds is 10. The molecule has 0 amide bonds. The van der Waals surface area contributed by atoms with Crippen molar-refractivity contribution in [1.82, 2.24) is 0 Å². The van der Waals surface area contributed by atoms with Gasteiger partial charge in [0.25, 0.3) is 0 Å². The molecule has 8 nitrogen and oxygen atoms in total. The number of Topliss-reactive ketones (excluding diaryl/α,β-unsaturated/α-hetero) is 2. The van der Waals surface area contributed by atoms with Crippen LogP contribution in [0.4, 0.5) is 11.4 Å². The molecule has 0 unspecified atom stereocenters. The molecule has 4 rings (SSSR count). The number of ketones is 2. The maximum atomic E-state index is 12.7. The number of hydrogen-bond donors (Lipinski definition) is 0. The molecule has 0 bridgehead atoms. The average molecular weight is 551 g/mol. The van der Waals surface area contributed by atoms with Gasteiger partial charge >= 0.3 is 11.9 Å². The number of ether oxygens (including phenoxy) is 2. The summed E-state index contributed by atoms with van der Waals surface area (Å²) in [7, 11) is 7.64. The Hall–Kier alpha value is -5.24. The lowest BCUT2D eigenvalue weighted by atomic mass is 10.0. The number of hydrogen-bond acceptors (Lipinski definition) is 8. The zero-order valence-corrected chi connectivity index (χ0v) is 23.3. The van der Waals surface area contributed by atoms with Crippen LogP contribution in [-0.4, -0.2) is 51.7 Å². The predicted molar refractivity (Wildman–Crippen MR) is 158 cm³/mol. The van der Waals surface area contributed by atoms with E-state index in [2.05, 4.69) is 0 Å². The van der Waals surface area contributed by atoms with Gasteiger partial charge in [-0.1, -0.05) is 0 Å². The zero-order valence-electron chi connectivity index (χ0n) is 23.3. The van der Waals surface area contributed by atoms with Crippen molar-refractivity contribution in [2.24, 2.45) is 0 Å². The standard InChI is InChI=1S/C33H30N2O6/c1-34(2)26-13-5-24(6-14-26)32(38)40-28-17-9-22(10-18-28)30(36)21-31(37)23-11-19-29(20-12-23)41-33(39)25-7-15-27(16-8-25)35(3)4/h5-20H,21H2,1-4H3. The van der Waals surface area contributed by atoms with E-state index >= 15 is 0 Å². The summed E-state index contributed by atoms with van der Waals surface area (Å²) in [6.45, 7) is 0. The van der Waals surface area contributed by atoms with Crippen molar-refractivity contribution in [2.45, 2.75) is 6.42 Å². The lowest BCUT2D eigenvalue weighted by Crippen LogP contribution is -2.12. The monoisotopic (exact) mass is 550 g/mol. The summed E-state index contributed by atoms with van der Waals surface area (Å²) >= 11 is 0. The zero-order chi connectivity index (χ0) is 29.5. The molecule has 4 aromatic carbocycles. The second-order valence-corrected chi connectivity index (χ2v) is 9.73. The molecule has 0 aliphatic heterocycles. The van der Waals surface area contributed by atoms with E-state index in [0.717, 1.165) is 11.4 Å². The van der Waals surface area contributed by atoms with Gasteiger partial charge < -0.3 is 19.3 Å². The highest BCUT2D eigenvalue weighted by Gasteiger charge is 2.16. The van der Waals surface area contributed by atoms with Crippen molar-refractivity contribution in [2.75, 3.05) is 38.0 Å². The third-order valence-corrected chi connectivity index (χ3v) is 6.33. The number of carbonyl (C=O) groups excluding carboxylic acids is 4. The Bertz CT molecular complexity index is 1420. The van der Waals surface area contributed by atoms with Gasteiger partial charge in [0.2, 0.25) is 0 Å². The minimum atomic E-state index is -0.513. The topological polar surface area (TPSA) is 93.2 Å². The first-order valence-electron chi connectivity index (χ1n) is 12.9. The van der Waals surface area contributed by atoms with Gasteiger partial charge in [0.05, 0.1) is 17.5 Å². The highest BCUT2D eigenvalue weighted by molar-refractivity contribution is 6.13. The van der Waals surface area contributed by atoms with E-state index in [1.165, 1.54) is 48.5 Å². The van der Waals surface area contributed by atoms with E-state index < -0.39 is 11.9 Å². The van der Waals surface area contributed by atoms with Crippen LogP contribution in [0.25, 0.3) is 0 Å². The molecule has 0 heterocycles. The van der Waals surface area contributed by atoms with Crippen LogP contribution in [-0.2, 0) is 0 Å². The number of anilines is 2. The Labute approximate surface area is 238 Å². The molecule has 4 aromatic rings. The van der Waals surface area contributed by atoms with Crippen LogP contribution in [0, 0.1) is 0 Å². The summed E-state index contributed by atoms with van der Waals surface area (Å²) in [5.41, 5.74) is 3.36. The van der Waals surface area contributed by atoms with E-state index in [0.29, 0.717) is 22.3 Å². The summed E-state index contributed by atoms with van der Waals surface area (Å²) in [5, 5.41) is 0. The number of esters is 2. The van der Waals surface area contributed by atoms with Crippen molar-refractivity contribution in [3.63, 3.8) is 0 Å². The van der Waals surface area contributed by atoms with Gasteiger partial charge in [-0.3, -0.25) is 9.59 Å². The molecule has 0 aromatic heterocycles. The fraction of sp³-hybridized carbons (Fsp3) is 0.152. The molecule has 0 aliphatic rings. The first-order valence-corrected chi connectivity index (χ1v) is 12.9. The minimum Gasteiger partial charge on any atom is -0.423 e. The Morgan fingerprint density at radius 2 is 0.756 bits per heavy atom. The van der Waals surface area contributed by atoms with Gasteiger partial charge in [-0.15, -0.1) is 0 Å². The fourth-order valence-corrected chi connectivity index (χ4v) is 3.89. The normalized spacial score (nSPS) is 10.4. The van der Waals surface area contributed by atoms with E-state index in [1.807, 2.05) is 62.3 Å². The van der Waals surface area contributed by atoms with E-state index in [9.17, 15) is 19.2 Å². The van der Waals surface area contributed by atoms with Crippen LogP contribution in [0.3, 0.4) is 0 Å². The van der Waals surface area contributed by atoms with Crippen LogP contribution < -0.4 is 19.3 Å². The van der Waals surface area contributed by atoms with Crippen molar-refractivity contribution in [3.8, 4) is 11.5 Å². The minimum absolute atomic E-state index is 0.286. The van der Waals surface area contributed by atoms with Crippen LogP contribution in [0.5, 0.6) is 11.5 Å². The Morgan fingerprint density at radius 3 is 1.05 bits per heavy atom. The first-order chi connectivity index (χ1) is 19.6. The maximum absolute atomic E-state index is 12.7. The molecule has 41 heavy (non-hydrogen) atoms. The second kappa shape index (κ2) is 12.7. The third kappa shape index (κ3) is 7.45. The quantitative estimate of drug-likeness (QED) is 0.107. The van der Waals surface area contributed by atoms with Gasteiger partial charge in [0.1, 0.15) is 11.5 Å². The molecule has 0 radical (unpaired) electrons. The highest BCUT2D eigenvalue weighted by atomic mass is 16.5. The van der Waals surface area contributed by atoms with Gasteiger partial charge in [-0.05, 0) is 97.1 Å². The molecular formula is C33H30N2O6. The Kier molecular flexibility index (Phi) is 8.94. The van der Waals surface area contributed by atoms with Gasteiger partial charge in [-0.2, -0.15) is 0 Å². The lowest BCUT2D eigenvalue weighted by Gasteiger charge is -2.12. The molecule has 0 fully saturated rings. The van der Waals surface area contributed by atoms with E-state index in [-0.39, 0.29) is 29.5 Å². The lowest BCUT2D eigenvalue weighted by molar-refractivity contribution is 0.0725. The molecule has 0 N–H and O–H groups in total. The van der Waals surface area contributed by atoms with Gasteiger partial charge in [0, 0.05) is 50.7 Å². The molecule has 0 spiro atoms. The largest absolute Gasteiger partial charge is 0.423 e. The van der Waals surface area contributed by atoms with Crippen molar-refractivity contribution in [1.29, 1.82) is 0 Å². The van der Waals surface area contributed by atoms with Crippen molar-refractivity contribution < 1.29 is 28.7 Å². The summed E-state index contributed by atoms with van der Waals surface area (Å²) in [4.78, 5) is 54.1. The first kappa shape index (κ1) is 28.8. The Balaban J connectivity index is 1.30. The molecular weight excluding hydrogens is 520 g/mol. The summed E-state index contributed by atoms with van der Waals surface area (Å²) in [5.74, 6) is -1.20. The summed E-state index contributed by atoms with van der Waals surface area (Å²) < 4.78 is 10.8. The number of carbonyl (C=O) groups is 4. The second-order valence-electron chi connectivity index (χ2n) is 9.73. The maximum Gasteiger partial charge on any atom is 0.343 e. The van der Waals surface area contributed by atoms with Gasteiger partial charge in [0.15, 0.2) is 11.6 Å². The summed E-state index contributed by atoms with van der Waals surface area (Å²) in [6, 6.07) is 26.1.